The fourth-order valence-electron chi connectivity index (χ4n) is 4.45. The maximum atomic E-state index is 12.8. The fraction of sp³-hybridized carbons (Fsp3) is 0.458. The second-order valence-corrected chi connectivity index (χ2v) is 8.29. The minimum atomic E-state index is 0.279. The lowest BCUT2D eigenvalue weighted by atomic mass is 9.90. The third kappa shape index (κ3) is 5.30. The number of carbonyl (C=O) groups excluding carboxylic acids is 1. The van der Waals surface area contributed by atoms with Crippen LogP contribution in [-0.2, 0) is 11.2 Å². The van der Waals surface area contributed by atoms with Crippen molar-refractivity contribution in [3.63, 3.8) is 0 Å². The average molecular weight is 394 g/mol. The molecular formula is C24H31N3O2. The molecule has 29 heavy (non-hydrogen) atoms. The number of piperazine rings is 1. The van der Waals surface area contributed by atoms with Crippen LogP contribution in [0.4, 0.5) is 5.69 Å². The minimum Gasteiger partial charge on any atom is -0.508 e. The Labute approximate surface area is 173 Å². The van der Waals surface area contributed by atoms with Crippen LogP contribution < -0.4 is 4.90 Å². The second kappa shape index (κ2) is 9.31. The summed E-state index contributed by atoms with van der Waals surface area (Å²) in [5, 5.41) is 9.44. The molecule has 0 atom stereocenters. The number of amides is 1. The van der Waals surface area contributed by atoms with E-state index in [2.05, 4.69) is 45.0 Å². The molecule has 1 N–H and O–H groups in total. The van der Waals surface area contributed by atoms with Gasteiger partial charge in [-0.3, -0.25) is 9.69 Å². The quantitative estimate of drug-likeness (QED) is 0.848. The summed E-state index contributed by atoms with van der Waals surface area (Å²) in [7, 11) is 0. The Morgan fingerprint density at radius 3 is 2.17 bits per heavy atom. The molecular weight excluding hydrogens is 362 g/mol. The summed E-state index contributed by atoms with van der Waals surface area (Å²) in [5.74, 6) is 1.27. The molecule has 0 radical (unpaired) electrons. The molecule has 0 unspecified atom stereocenters. The van der Waals surface area contributed by atoms with Gasteiger partial charge in [-0.1, -0.05) is 30.3 Å². The molecule has 2 saturated heterocycles. The van der Waals surface area contributed by atoms with Crippen molar-refractivity contribution in [2.45, 2.75) is 19.3 Å². The Morgan fingerprint density at radius 2 is 1.52 bits per heavy atom. The number of hydrogen-bond acceptors (Lipinski definition) is 4. The van der Waals surface area contributed by atoms with Crippen molar-refractivity contribution < 1.29 is 9.90 Å². The zero-order chi connectivity index (χ0) is 20.1. The van der Waals surface area contributed by atoms with Gasteiger partial charge in [0.25, 0.3) is 0 Å². The SMILES string of the molecule is O=C(CN1CCN(c2ccc(O)cc2)CC1)N1CCC(Cc2ccccc2)CC1. The number of hydrogen-bond donors (Lipinski definition) is 1. The van der Waals surface area contributed by atoms with Gasteiger partial charge in [-0.2, -0.15) is 0 Å². The van der Waals surface area contributed by atoms with E-state index in [4.69, 9.17) is 0 Å². The third-order valence-electron chi connectivity index (χ3n) is 6.28. The lowest BCUT2D eigenvalue weighted by Crippen LogP contribution is -2.51. The molecule has 0 aromatic heterocycles. The van der Waals surface area contributed by atoms with Gasteiger partial charge in [0, 0.05) is 45.0 Å². The number of piperidine rings is 1. The summed E-state index contributed by atoms with van der Waals surface area (Å²) in [6.45, 7) is 5.95. The standard InChI is InChI=1S/C24H31N3O2/c28-23-8-6-22(7-9-23)26-16-14-25(15-17-26)19-24(29)27-12-10-21(11-13-27)18-20-4-2-1-3-5-20/h1-9,21,28H,10-19H2. The summed E-state index contributed by atoms with van der Waals surface area (Å²) in [5.41, 5.74) is 2.54. The van der Waals surface area contributed by atoms with Crippen LogP contribution in [0, 0.1) is 5.92 Å². The van der Waals surface area contributed by atoms with Crippen LogP contribution >= 0.6 is 0 Å². The predicted octanol–water partition coefficient (Wildman–Crippen LogP) is 3.00. The highest BCUT2D eigenvalue weighted by molar-refractivity contribution is 5.78. The van der Waals surface area contributed by atoms with E-state index in [9.17, 15) is 9.90 Å². The van der Waals surface area contributed by atoms with Gasteiger partial charge in [-0.05, 0) is 55.0 Å². The first-order valence-electron chi connectivity index (χ1n) is 10.8. The van der Waals surface area contributed by atoms with Crippen molar-refractivity contribution in [3.8, 4) is 5.75 Å². The second-order valence-electron chi connectivity index (χ2n) is 8.29. The van der Waals surface area contributed by atoms with Gasteiger partial charge in [0.05, 0.1) is 6.54 Å². The summed E-state index contributed by atoms with van der Waals surface area (Å²) < 4.78 is 0. The molecule has 0 aliphatic carbocycles. The van der Waals surface area contributed by atoms with Gasteiger partial charge in [0.15, 0.2) is 0 Å². The Hall–Kier alpha value is -2.53. The Balaban J connectivity index is 1.19. The van der Waals surface area contributed by atoms with E-state index < -0.39 is 0 Å². The molecule has 0 spiro atoms. The zero-order valence-electron chi connectivity index (χ0n) is 17.0. The maximum absolute atomic E-state index is 12.8. The normalized spacial score (nSPS) is 18.8. The first-order valence-corrected chi connectivity index (χ1v) is 10.8. The predicted molar refractivity (Wildman–Crippen MR) is 116 cm³/mol. The molecule has 154 valence electrons. The van der Waals surface area contributed by atoms with Crippen molar-refractivity contribution >= 4 is 11.6 Å². The van der Waals surface area contributed by atoms with Crippen LogP contribution in [0.5, 0.6) is 5.75 Å². The van der Waals surface area contributed by atoms with E-state index in [1.165, 1.54) is 5.56 Å². The highest BCUT2D eigenvalue weighted by Crippen LogP contribution is 2.23. The van der Waals surface area contributed by atoms with Crippen LogP contribution in [0.15, 0.2) is 54.6 Å². The molecule has 1 amide bonds. The van der Waals surface area contributed by atoms with Crippen LogP contribution in [0.3, 0.4) is 0 Å². The number of anilines is 1. The van der Waals surface area contributed by atoms with Crippen LogP contribution in [0.25, 0.3) is 0 Å². The molecule has 0 bridgehead atoms. The number of carbonyl (C=O) groups is 1. The van der Waals surface area contributed by atoms with Gasteiger partial charge in [-0.15, -0.1) is 0 Å². The Bertz CT molecular complexity index is 778. The van der Waals surface area contributed by atoms with E-state index >= 15 is 0 Å². The van der Waals surface area contributed by atoms with E-state index in [1.54, 1.807) is 12.1 Å². The van der Waals surface area contributed by atoms with Crippen LogP contribution in [0.2, 0.25) is 0 Å². The summed E-state index contributed by atoms with van der Waals surface area (Å²) >= 11 is 0. The minimum absolute atomic E-state index is 0.279. The average Bonchev–Trinajstić information content (AvgIpc) is 2.76. The molecule has 2 aliphatic rings. The number of aromatic hydroxyl groups is 1. The van der Waals surface area contributed by atoms with Gasteiger partial charge in [-0.25, -0.2) is 0 Å². The first kappa shape index (κ1) is 19.8. The molecule has 5 heteroatoms. The summed E-state index contributed by atoms with van der Waals surface area (Å²) in [6, 6.07) is 18.1. The van der Waals surface area contributed by atoms with Crippen molar-refractivity contribution in [2.24, 2.45) is 5.92 Å². The van der Waals surface area contributed by atoms with Gasteiger partial charge in [0.2, 0.25) is 5.91 Å². The fourth-order valence-corrected chi connectivity index (χ4v) is 4.45. The summed E-state index contributed by atoms with van der Waals surface area (Å²) in [6.07, 6.45) is 3.34. The van der Waals surface area contributed by atoms with Gasteiger partial charge in [0.1, 0.15) is 5.75 Å². The zero-order valence-corrected chi connectivity index (χ0v) is 17.0. The number of phenols is 1. The van der Waals surface area contributed by atoms with E-state index in [1.807, 2.05) is 12.1 Å². The highest BCUT2D eigenvalue weighted by atomic mass is 16.3. The molecule has 2 aromatic rings. The smallest absolute Gasteiger partial charge is 0.236 e. The Morgan fingerprint density at radius 1 is 0.862 bits per heavy atom. The molecule has 2 aliphatic heterocycles. The largest absolute Gasteiger partial charge is 0.508 e. The van der Waals surface area contributed by atoms with E-state index in [0.717, 1.165) is 64.2 Å². The van der Waals surface area contributed by atoms with Crippen molar-refractivity contribution in [1.29, 1.82) is 0 Å². The maximum Gasteiger partial charge on any atom is 0.236 e. The number of benzene rings is 2. The Kier molecular flexibility index (Phi) is 6.35. The van der Waals surface area contributed by atoms with Crippen molar-refractivity contribution in [1.82, 2.24) is 9.80 Å². The van der Waals surface area contributed by atoms with E-state index in [-0.39, 0.29) is 5.91 Å². The summed E-state index contributed by atoms with van der Waals surface area (Å²) in [4.78, 5) is 19.4. The molecule has 2 aromatic carbocycles. The third-order valence-corrected chi connectivity index (χ3v) is 6.28. The van der Waals surface area contributed by atoms with Crippen molar-refractivity contribution in [3.05, 3.63) is 60.2 Å². The van der Waals surface area contributed by atoms with Crippen LogP contribution in [-0.4, -0.2) is 66.6 Å². The number of nitrogens with zero attached hydrogens (tertiary/aromatic N) is 3. The monoisotopic (exact) mass is 393 g/mol. The van der Waals surface area contributed by atoms with Crippen molar-refractivity contribution in [2.75, 3.05) is 50.7 Å². The van der Waals surface area contributed by atoms with Gasteiger partial charge >= 0.3 is 0 Å². The first-order chi connectivity index (χ1) is 14.2. The molecule has 2 fully saturated rings. The van der Waals surface area contributed by atoms with E-state index in [0.29, 0.717) is 18.2 Å². The number of likely N-dealkylation sites (tertiary alicyclic amines) is 1. The molecule has 0 saturated carbocycles. The number of rotatable bonds is 5. The lowest BCUT2D eigenvalue weighted by Gasteiger charge is -2.38. The van der Waals surface area contributed by atoms with Crippen LogP contribution in [0.1, 0.15) is 18.4 Å². The van der Waals surface area contributed by atoms with Gasteiger partial charge < -0.3 is 14.9 Å². The number of phenolic OH excluding ortho intramolecular Hbond substituents is 1. The topological polar surface area (TPSA) is 47.0 Å². The molecule has 2 heterocycles. The lowest BCUT2D eigenvalue weighted by molar-refractivity contribution is -0.133. The highest BCUT2D eigenvalue weighted by Gasteiger charge is 2.25. The molecule has 4 rings (SSSR count). The molecule has 5 nitrogen and oxygen atoms in total.